The van der Waals surface area contributed by atoms with Crippen molar-refractivity contribution in [1.82, 2.24) is 4.98 Å². The normalized spacial score (nSPS) is 19.3. The minimum absolute atomic E-state index is 0.316. The molecule has 1 N–H and O–H groups in total. The Hall–Kier alpha value is -1.79. The number of para-hydroxylation sites is 1. The van der Waals surface area contributed by atoms with Gasteiger partial charge in [-0.25, -0.2) is 4.79 Å². The molecule has 0 aliphatic carbocycles. The first kappa shape index (κ1) is 16.1. The summed E-state index contributed by atoms with van der Waals surface area (Å²) in [5.41, 5.74) is 1.02. The van der Waals surface area contributed by atoms with Crippen LogP contribution in [0.1, 0.15) is 45.1 Å². The number of carbonyl (C=O) groups excluding carboxylic acids is 1. The standard InChI is InChI=1S/C17H22BNO4/c1-6-21-15(20)14-13(11-9-7-8-10-12(11)19-14)18-22-16(2,3)17(4,5)23-18/h7-10,19H,6H2,1-5H3. The number of hydrogen-bond acceptors (Lipinski definition) is 4. The van der Waals surface area contributed by atoms with Crippen LogP contribution < -0.4 is 5.46 Å². The zero-order chi connectivity index (χ0) is 16.8. The lowest BCUT2D eigenvalue weighted by Gasteiger charge is -2.32. The van der Waals surface area contributed by atoms with E-state index in [2.05, 4.69) is 4.98 Å². The van der Waals surface area contributed by atoms with Crippen molar-refractivity contribution < 1.29 is 18.8 Å². The van der Waals surface area contributed by atoms with Gasteiger partial charge in [-0.1, -0.05) is 18.2 Å². The molecular weight excluding hydrogens is 293 g/mol. The molecule has 1 aliphatic heterocycles. The summed E-state index contributed by atoms with van der Waals surface area (Å²) in [7, 11) is -0.615. The number of fused-ring (bicyclic) bond motifs is 1. The van der Waals surface area contributed by atoms with Gasteiger partial charge in [-0.2, -0.15) is 0 Å². The van der Waals surface area contributed by atoms with Gasteiger partial charge in [-0.3, -0.25) is 0 Å². The van der Waals surface area contributed by atoms with E-state index in [0.29, 0.717) is 17.8 Å². The molecule has 122 valence electrons. The number of ether oxygens (including phenoxy) is 1. The Balaban J connectivity index is 2.13. The lowest BCUT2D eigenvalue weighted by atomic mass is 9.76. The number of hydrogen-bond donors (Lipinski definition) is 1. The lowest BCUT2D eigenvalue weighted by Crippen LogP contribution is -2.41. The molecule has 1 saturated heterocycles. The highest BCUT2D eigenvalue weighted by molar-refractivity contribution is 6.66. The monoisotopic (exact) mass is 315 g/mol. The Morgan fingerprint density at radius 1 is 1.17 bits per heavy atom. The molecule has 3 rings (SSSR count). The molecule has 0 spiro atoms. The summed E-state index contributed by atoms with van der Waals surface area (Å²) in [4.78, 5) is 15.5. The Labute approximate surface area is 136 Å². The molecule has 0 bridgehead atoms. The molecule has 0 radical (unpaired) electrons. The third-order valence-electron chi connectivity index (χ3n) is 4.71. The first-order chi connectivity index (χ1) is 10.8. The van der Waals surface area contributed by atoms with Gasteiger partial charge in [0.15, 0.2) is 0 Å². The smallest absolute Gasteiger partial charge is 0.461 e. The minimum atomic E-state index is -0.615. The van der Waals surface area contributed by atoms with Crippen LogP contribution in [0.2, 0.25) is 0 Å². The summed E-state index contributed by atoms with van der Waals surface area (Å²) >= 11 is 0. The van der Waals surface area contributed by atoms with Gasteiger partial charge < -0.3 is 19.0 Å². The van der Waals surface area contributed by atoms with Crippen molar-refractivity contribution in [3.8, 4) is 0 Å². The number of carbonyl (C=O) groups is 1. The van der Waals surface area contributed by atoms with Crippen molar-refractivity contribution in [2.24, 2.45) is 0 Å². The Kier molecular flexibility index (Phi) is 3.77. The average molecular weight is 315 g/mol. The molecule has 5 nitrogen and oxygen atoms in total. The first-order valence-corrected chi connectivity index (χ1v) is 7.90. The summed E-state index contributed by atoms with van der Waals surface area (Å²) in [5, 5.41) is 0.911. The fourth-order valence-corrected chi connectivity index (χ4v) is 2.73. The molecular formula is C17H22BNO4. The molecule has 0 amide bonds. The van der Waals surface area contributed by atoms with Gasteiger partial charge in [0, 0.05) is 16.4 Å². The largest absolute Gasteiger partial charge is 0.497 e. The van der Waals surface area contributed by atoms with E-state index >= 15 is 0 Å². The van der Waals surface area contributed by atoms with Crippen LogP contribution >= 0.6 is 0 Å². The third-order valence-corrected chi connectivity index (χ3v) is 4.71. The molecule has 0 atom stereocenters. The van der Waals surface area contributed by atoms with Gasteiger partial charge in [0.2, 0.25) is 0 Å². The fraction of sp³-hybridized carbons (Fsp3) is 0.471. The molecule has 23 heavy (non-hydrogen) atoms. The number of aromatic nitrogens is 1. The SMILES string of the molecule is CCOC(=O)c1[nH]c2ccccc2c1B1OC(C)(C)C(C)(C)O1. The van der Waals surface area contributed by atoms with Crippen LogP contribution in [0.15, 0.2) is 24.3 Å². The maximum Gasteiger partial charge on any atom is 0.497 e. The highest BCUT2D eigenvalue weighted by Gasteiger charge is 2.53. The highest BCUT2D eigenvalue weighted by Crippen LogP contribution is 2.37. The van der Waals surface area contributed by atoms with Crippen molar-refractivity contribution in [2.45, 2.75) is 45.8 Å². The summed E-state index contributed by atoms with van der Waals surface area (Å²) in [6.45, 7) is 10.1. The van der Waals surface area contributed by atoms with Crippen molar-refractivity contribution >= 4 is 29.5 Å². The second-order valence-corrected chi connectivity index (χ2v) is 6.77. The topological polar surface area (TPSA) is 60.6 Å². The van der Waals surface area contributed by atoms with E-state index < -0.39 is 24.3 Å². The number of rotatable bonds is 3. The molecule has 1 aliphatic rings. The summed E-state index contributed by atoms with van der Waals surface area (Å²) in [6.07, 6.45) is 0. The number of H-pyrrole nitrogens is 1. The Morgan fingerprint density at radius 2 is 1.78 bits per heavy atom. The number of aromatic amines is 1. The van der Waals surface area contributed by atoms with E-state index in [1.54, 1.807) is 6.92 Å². The zero-order valence-electron chi connectivity index (χ0n) is 14.2. The number of nitrogens with one attached hydrogen (secondary N) is 1. The quantitative estimate of drug-likeness (QED) is 0.699. The zero-order valence-corrected chi connectivity index (χ0v) is 14.2. The predicted octanol–water partition coefficient (Wildman–Crippen LogP) is 2.64. The van der Waals surface area contributed by atoms with Crippen molar-refractivity contribution in [1.29, 1.82) is 0 Å². The van der Waals surface area contributed by atoms with E-state index in [-0.39, 0.29) is 0 Å². The van der Waals surface area contributed by atoms with Crippen LogP contribution in [0.3, 0.4) is 0 Å². The average Bonchev–Trinajstić information content (AvgIpc) is 2.94. The second-order valence-electron chi connectivity index (χ2n) is 6.77. The second kappa shape index (κ2) is 5.39. The van der Waals surface area contributed by atoms with Crippen molar-refractivity contribution in [3.63, 3.8) is 0 Å². The maximum absolute atomic E-state index is 12.3. The molecule has 6 heteroatoms. The molecule has 1 aromatic carbocycles. The van der Waals surface area contributed by atoms with Crippen molar-refractivity contribution in [2.75, 3.05) is 6.61 Å². The van der Waals surface area contributed by atoms with Gasteiger partial charge in [-0.15, -0.1) is 0 Å². The van der Waals surface area contributed by atoms with Gasteiger partial charge in [0.25, 0.3) is 0 Å². The van der Waals surface area contributed by atoms with Gasteiger partial charge in [0.05, 0.1) is 17.8 Å². The van der Waals surface area contributed by atoms with Gasteiger partial charge >= 0.3 is 13.1 Å². The van der Waals surface area contributed by atoms with E-state index in [1.165, 1.54) is 0 Å². The molecule has 0 saturated carbocycles. The maximum atomic E-state index is 12.3. The Morgan fingerprint density at radius 3 is 2.39 bits per heavy atom. The summed E-state index contributed by atoms with van der Waals surface area (Å²) in [5.74, 6) is -0.395. The molecule has 2 heterocycles. The third kappa shape index (κ3) is 2.56. The van der Waals surface area contributed by atoms with Crippen LogP contribution in [0, 0.1) is 0 Å². The molecule has 2 aromatic rings. The highest BCUT2D eigenvalue weighted by atomic mass is 16.7. The van der Waals surface area contributed by atoms with Crippen LogP contribution in [-0.4, -0.2) is 35.9 Å². The minimum Gasteiger partial charge on any atom is -0.461 e. The first-order valence-electron chi connectivity index (χ1n) is 7.90. The van der Waals surface area contributed by atoms with E-state index in [1.807, 2.05) is 52.0 Å². The van der Waals surface area contributed by atoms with Crippen molar-refractivity contribution in [3.05, 3.63) is 30.0 Å². The molecule has 1 aromatic heterocycles. The van der Waals surface area contributed by atoms with Gasteiger partial charge in [0.1, 0.15) is 5.69 Å². The van der Waals surface area contributed by atoms with Crippen LogP contribution in [0.25, 0.3) is 10.9 Å². The molecule has 1 fully saturated rings. The number of benzene rings is 1. The summed E-state index contributed by atoms with van der Waals surface area (Å²) < 4.78 is 17.5. The van der Waals surface area contributed by atoms with Crippen LogP contribution in [0.4, 0.5) is 0 Å². The fourth-order valence-electron chi connectivity index (χ4n) is 2.73. The lowest BCUT2D eigenvalue weighted by molar-refractivity contribution is 0.00578. The van der Waals surface area contributed by atoms with E-state index in [0.717, 1.165) is 10.9 Å². The Bertz CT molecular complexity index is 734. The van der Waals surface area contributed by atoms with E-state index in [9.17, 15) is 4.79 Å². The summed E-state index contributed by atoms with van der Waals surface area (Å²) in [6, 6.07) is 7.73. The van der Waals surface area contributed by atoms with Crippen LogP contribution in [-0.2, 0) is 14.0 Å². The number of esters is 1. The van der Waals surface area contributed by atoms with E-state index in [4.69, 9.17) is 14.0 Å². The predicted molar refractivity (Wildman–Crippen MR) is 90.0 cm³/mol. The van der Waals surface area contributed by atoms with Crippen LogP contribution in [0.5, 0.6) is 0 Å². The van der Waals surface area contributed by atoms with Gasteiger partial charge in [-0.05, 0) is 40.7 Å². The molecule has 0 unspecified atom stereocenters.